The standard InChI is InChI=1S/C8H15NO4/c1-6(2)7(10)13-5-3-4-9-8(11)12/h8-9,11-12H,1,3-5H2,2H3. The summed E-state index contributed by atoms with van der Waals surface area (Å²) in [5.74, 6) is -0.426. The van der Waals surface area contributed by atoms with Crippen molar-refractivity contribution in [3.63, 3.8) is 0 Å². The SMILES string of the molecule is C=C(C)C(=O)OCCCNC(O)O. The van der Waals surface area contributed by atoms with Gasteiger partial charge in [-0.15, -0.1) is 0 Å². The molecule has 13 heavy (non-hydrogen) atoms. The summed E-state index contributed by atoms with van der Waals surface area (Å²) in [5, 5.41) is 19.1. The summed E-state index contributed by atoms with van der Waals surface area (Å²) in [5.41, 5.74) is 0.357. The molecule has 0 saturated carbocycles. The van der Waals surface area contributed by atoms with Crippen LogP contribution in [0.1, 0.15) is 13.3 Å². The fraction of sp³-hybridized carbons (Fsp3) is 0.625. The van der Waals surface area contributed by atoms with Gasteiger partial charge in [-0.1, -0.05) is 6.58 Å². The number of hydrogen-bond donors (Lipinski definition) is 3. The van der Waals surface area contributed by atoms with E-state index < -0.39 is 12.4 Å². The van der Waals surface area contributed by atoms with Crippen molar-refractivity contribution in [2.24, 2.45) is 0 Å². The van der Waals surface area contributed by atoms with Crippen LogP contribution in [0, 0.1) is 0 Å². The molecule has 0 spiro atoms. The van der Waals surface area contributed by atoms with E-state index in [1.807, 2.05) is 0 Å². The number of hydrogen-bond acceptors (Lipinski definition) is 5. The molecule has 0 fully saturated rings. The van der Waals surface area contributed by atoms with E-state index in [4.69, 9.17) is 14.9 Å². The van der Waals surface area contributed by atoms with Crippen LogP contribution in [-0.4, -0.2) is 35.7 Å². The lowest BCUT2D eigenvalue weighted by molar-refractivity contribution is -0.139. The Hall–Kier alpha value is -0.910. The maximum absolute atomic E-state index is 10.8. The van der Waals surface area contributed by atoms with Crippen LogP contribution in [0.3, 0.4) is 0 Å². The van der Waals surface area contributed by atoms with Gasteiger partial charge in [-0.2, -0.15) is 0 Å². The van der Waals surface area contributed by atoms with E-state index in [1.54, 1.807) is 6.92 Å². The van der Waals surface area contributed by atoms with E-state index in [-0.39, 0.29) is 6.61 Å². The van der Waals surface area contributed by atoms with Crippen LogP contribution < -0.4 is 5.32 Å². The molecule has 3 N–H and O–H groups in total. The van der Waals surface area contributed by atoms with Crippen molar-refractivity contribution < 1.29 is 19.7 Å². The Morgan fingerprint density at radius 2 is 2.23 bits per heavy atom. The van der Waals surface area contributed by atoms with Gasteiger partial charge in [0, 0.05) is 12.1 Å². The minimum Gasteiger partial charge on any atom is -0.462 e. The van der Waals surface area contributed by atoms with Crippen LogP contribution in [0.15, 0.2) is 12.2 Å². The number of carbonyl (C=O) groups excluding carboxylic acids is 1. The first-order valence-electron chi connectivity index (χ1n) is 3.96. The minimum atomic E-state index is -1.52. The number of esters is 1. The number of carbonyl (C=O) groups is 1. The summed E-state index contributed by atoms with van der Waals surface area (Å²) in [6.45, 7) is 5.60. The van der Waals surface area contributed by atoms with Gasteiger partial charge in [0.25, 0.3) is 0 Å². The molecule has 0 aromatic rings. The Labute approximate surface area is 77.0 Å². The molecule has 5 nitrogen and oxygen atoms in total. The van der Waals surface area contributed by atoms with E-state index in [9.17, 15) is 4.79 Å². The third-order valence-electron chi connectivity index (χ3n) is 1.23. The van der Waals surface area contributed by atoms with Gasteiger partial charge in [0.2, 0.25) is 6.41 Å². The van der Waals surface area contributed by atoms with Crippen LogP contribution in [-0.2, 0) is 9.53 Å². The number of aliphatic hydroxyl groups is 2. The molecule has 0 rings (SSSR count). The van der Waals surface area contributed by atoms with Crippen molar-refractivity contribution >= 4 is 5.97 Å². The predicted octanol–water partition coefficient (Wildman–Crippen LogP) is -0.646. The van der Waals surface area contributed by atoms with Crippen LogP contribution >= 0.6 is 0 Å². The number of ether oxygens (including phenoxy) is 1. The highest BCUT2D eigenvalue weighted by atomic mass is 16.5. The van der Waals surface area contributed by atoms with E-state index >= 15 is 0 Å². The van der Waals surface area contributed by atoms with Gasteiger partial charge in [0.05, 0.1) is 6.61 Å². The van der Waals surface area contributed by atoms with E-state index in [1.165, 1.54) is 0 Å². The van der Waals surface area contributed by atoms with Gasteiger partial charge in [0.1, 0.15) is 0 Å². The second-order valence-electron chi connectivity index (χ2n) is 2.60. The van der Waals surface area contributed by atoms with Crippen molar-refractivity contribution in [2.45, 2.75) is 19.8 Å². The molecule has 0 heterocycles. The molecule has 0 atom stereocenters. The van der Waals surface area contributed by atoms with Crippen LogP contribution in [0.4, 0.5) is 0 Å². The normalized spacial score (nSPS) is 10.2. The fourth-order valence-electron chi connectivity index (χ4n) is 0.591. The number of nitrogens with one attached hydrogen (secondary N) is 1. The third-order valence-corrected chi connectivity index (χ3v) is 1.23. The highest BCUT2D eigenvalue weighted by Gasteiger charge is 2.01. The first kappa shape index (κ1) is 12.1. The summed E-state index contributed by atoms with van der Waals surface area (Å²) in [6.07, 6.45) is -0.992. The lowest BCUT2D eigenvalue weighted by Crippen LogP contribution is -2.29. The molecule has 76 valence electrons. The van der Waals surface area contributed by atoms with Gasteiger partial charge in [-0.3, -0.25) is 5.32 Å². The summed E-state index contributed by atoms with van der Waals surface area (Å²) in [7, 11) is 0. The highest BCUT2D eigenvalue weighted by molar-refractivity contribution is 5.86. The van der Waals surface area contributed by atoms with Gasteiger partial charge in [-0.05, 0) is 13.3 Å². The Balaban J connectivity index is 3.26. The second kappa shape index (κ2) is 6.59. The summed E-state index contributed by atoms with van der Waals surface area (Å²) in [4.78, 5) is 10.8. The van der Waals surface area contributed by atoms with Crippen molar-refractivity contribution in [1.29, 1.82) is 0 Å². The Morgan fingerprint density at radius 3 is 2.69 bits per heavy atom. The first-order valence-corrected chi connectivity index (χ1v) is 3.96. The second-order valence-corrected chi connectivity index (χ2v) is 2.60. The number of rotatable bonds is 6. The molecular formula is C8H15NO4. The number of aliphatic hydroxyl groups excluding tert-OH is 1. The van der Waals surface area contributed by atoms with Crippen LogP contribution in [0.5, 0.6) is 0 Å². The Bertz CT molecular complexity index is 179. The van der Waals surface area contributed by atoms with Crippen molar-refractivity contribution in [3.8, 4) is 0 Å². The molecule has 5 heteroatoms. The van der Waals surface area contributed by atoms with Gasteiger partial charge >= 0.3 is 5.97 Å². The van der Waals surface area contributed by atoms with Crippen molar-refractivity contribution in [1.82, 2.24) is 5.32 Å². The topological polar surface area (TPSA) is 78.8 Å². The molecular weight excluding hydrogens is 174 g/mol. The van der Waals surface area contributed by atoms with E-state index in [0.717, 1.165) is 0 Å². The molecule has 0 amide bonds. The Kier molecular flexibility index (Phi) is 6.13. The molecule has 0 saturated heterocycles. The first-order chi connectivity index (χ1) is 6.04. The maximum atomic E-state index is 10.8. The summed E-state index contributed by atoms with van der Waals surface area (Å²) >= 11 is 0. The fourth-order valence-corrected chi connectivity index (χ4v) is 0.591. The van der Waals surface area contributed by atoms with Crippen LogP contribution in [0.25, 0.3) is 0 Å². The summed E-state index contributed by atoms with van der Waals surface area (Å²) in [6, 6.07) is 0. The van der Waals surface area contributed by atoms with Crippen LogP contribution in [0.2, 0.25) is 0 Å². The average molecular weight is 189 g/mol. The third kappa shape index (κ3) is 7.45. The quantitative estimate of drug-likeness (QED) is 0.224. The zero-order valence-electron chi connectivity index (χ0n) is 7.62. The molecule has 0 aliphatic rings. The van der Waals surface area contributed by atoms with Gasteiger partial charge in [0.15, 0.2) is 0 Å². The minimum absolute atomic E-state index is 0.241. The zero-order valence-corrected chi connectivity index (χ0v) is 7.62. The van der Waals surface area contributed by atoms with Gasteiger partial charge in [-0.25, -0.2) is 4.79 Å². The molecule has 0 aliphatic heterocycles. The monoisotopic (exact) mass is 189 g/mol. The molecule has 0 radical (unpaired) electrons. The average Bonchev–Trinajstić information content (AvgIpc) is 2.02. The largest absolute Gasteiger partial charge is 0.462 e. The molecule has 0 bridgehead atoms. The lowest BCUT2D eigenvalue weighted by atomic mass is 10.3. The maximum Gasteiger partial charge on any atom is 0.333 e. The molecule has 0 aromatic carbocycles. The predicted molar refractivity (Wildman–Crippen MR) is 46.6 cm³/mol. The summed E-state index contributed by atoms with van der Waals surface area (Å²) < 4.78 is 4.74. The molecule has 0 aliphatic carbocycles. The van der Waals surface area contributed by atoms with E-state index in [0.29, 0.717) is 18.5 Å². The highest BCUT2D eigenvalue weighted by Crippen LogP contribution is 1.92. The zero-order chi connectivity index (χ0) is 10.3. The van der Waals surface area contributed by atoms with Gasteiger partial charge < -0.3 is 14.9 Å². The van der Waals surface area contributed by atoms with Crippen molar-refractivity contribution in [3.05, 3.63) is 12.2 Å². The lowest BCUT2D eigenvalue weighted by Gasteiger charge is -2.06. The van der Waals surface area contributed by atoms with Crippen molar-refractivity contribution in [2.75, 3.05) is 13.2 Å². The Morgan fingerprint density at radius 1 is 1.62 bits per heavy atom. The smallest absolute Gasteiger partial charge is 0.333 e. The molecule has 0 unspecified atom stereocenters. The van der Waals surface area contributed by atoms with E-state index in [2.05, 4.69) is 11.9 Å². The molecule has 0 aromatic heterocycles.